The monoisotopic (exact) mass is 575 g/mol. The van der Waals surface area contributed by atoms with Crippen molar-refractivity contribution in [1.29, 1.82) is 0 Å². The van der Waals surface area contributed by atoms with E-state index in [2.05, 4.69) is 30.6 Å². The summed E-state index contributed by atoms with van der Waals surface area (Å²) in [5.41, 5.74) is 2.53. The predicted octanol–water partition coefficient (Wildman–Crippen LogP) is 4.61. The van der Waals surface area contributed by atoms with E-state index in [-0.39, 0.29) is 30.2 Å². The maximum atomic E-state index is 13.7. The number of anilines is 1. The standard InChI is InChI=1S/C28H23Cl2N7O3/c1-40-20-7-5-18(6-8-20)24-27(39)37(12-11-32-26(38)19-3-2-10-31-15-19)25-23(35-24)16-34-28(36-25)33-14-17-4-9-21(29)22(30)13-17/h2-10,13,15-16H,11-12,14H2,1H3,(H,32,38)(H,33,34,36). The van der Waals surface area contributed by atoms with Crippen LogP contribution >= 0.6 is 23.2 Å². The van der Waals surface area contributed by atoms with Crippen molar-refractivity contribution in [3.63, 3.8) is 0 Å². The van der Waals surface area contributed by atoms with Crippen LogP contribution in [-0.2, 0) is 13.1 Å². The number of hydrogen-bond donors (Lipinski definition) is 2. The minimum Gasteiger partial charge on any atom is -0.497 e. The molecule has 0 spiro atoms. The SMILES string of the molecule is COc1ccc(-c2nc3cnc(NCc4ccc(Cl)c(Cl)c4)nc3n(CCNC(=O)c3cccnc3)c2=O)cc1. The van der Waals surface area contributed by atoms with Gasteiger partial charge in [0.15, 0.2) is 5.65 Å². The second kappa shape index (κ2) is 12.1. The van der Waals surface area contributed by atoms with E-state index in [1.807, 2.05) is 6.07 Å². The first-order chi connectivity index (χ1) is 19.4. The van der Waals surface area contributed by atoms with Crippen LogP contribution in [0.1, 0.15) is 15.9 Å². The quantitative estimate of drug-likeness (QED) is 0.261. The van der Waals surface area contributed by atoms with Gasteiger partial charge in [0.05, 0.1) is 28.9 Å². The summed E-state index contributed by atoms with van der Waals surface area (Å²) in [4.78, 5) is 43.7. The van der Waals surface area contributed by atoms with Gasteiger partial charge in [-0.05, 0) is 54.1 Å². The van der Waals surface area contributed by atoms with Gasteiger partial charge in [0.1, 0.15) is 17.0 Å². The van der Waals surface area contributed by atoms with Crippen LogP contribution in [-0.4, -0.2) is 44.1 Å². The first-order valence-electron chi connectivity index (χ1n) is 12.2. The summed E-state index contributed by atoms with van der Waals surface area (Å²) in [6.07, 6.45) is 4.62. The van der Waals surface area contributed by atoms with Crippen molar-refractivity contribution in [2.24, 2.45) is 0 Å². The zero-order chi connectivity index (χ0) is 28.1. The molecule has 0 aliphatic heterocycles. The van der Waals surface area contributed by atoms with Crippen molar-refractivity contribution >= 4 is 46.2 Å². The first kappa shape index (κ1) is 27.0. The molecule has 3 heterocycles. The number of hydrogen-bond acceptors (Lipinski definition) is 8. The van der Waals surface area contributed by atoms with E-state index < -0.39 is 0 Å². The third-order valence-corrected chi connectivity index (χ3v) is 6.77. The van der Waals surface area contributed by atoms with Crippen LogP contribution in [0.2, 0.25) is 10.0 Å². The maximum absolute atomic E-state index is 13.7. The summed E-state index contributed by atoms with van der Waals surface area (Å²) >= 11 is 12.1. The molecule has 0 radical (unpaired) electrons. The van der Waals surface area contributed by atoms with Crippen molar-refractivity contribution in [2.75, 3.05) is 19.0 Å². The number of rotatable bonds is 9. The Bertz CT molecular complexity index is 1730. The Hall–Kier alpha value is -4.54. The average molecular weight is 576 g/mol. The predicted molar refractivity (Wildman–Crippen MR) is 154 cm³/mol. The molecule has 3 aromatic heterocycles. The van der Waals surface area contributed by atoms with Crippen LogP contribution in [0, 0.1) is 0 Å². The van der Waals surface area contributed by atoms with Crippen LogP contribution in [0.25, 0.3) is 22.4 Å². The number of halogens is 2. The Morgan fingerprint density at radius 2 is 1.85 bits per heavy atom. The van der Waals surface area contributed by atoms with Crippen molar-refractivity contribution in [3.8, 4) is 17.0 Å². The third kappa shape index (κ3) is 6.03. The van der Waals surface area contributed by atoms with Gasteiger partial charge in [-0.25, -0.2) is 9.97 Å². The molecule has 10 nitrogen and oxygen atoms in total. The number of nitrogens with zero attached hydrogens (tertiary/aromatic N) is 5. The van der Waals surface area contributed by atoms with Gasteiger partial charge < -0.3 is 15.4 Å². The zero-order valence-corrected chi connectivity index (χ0v) is 22.8. The van der Waals surface area contributed by atoms with Crippen LogP contribution in [0.5, 0.6) is 5.75 Å². The lowest BCUT2D eigenvalue weighted by atomic mass is 10.1. The fourth-order valence-corrected chi connectivity index (χ4v) is 4.30. The van der Waals surface area contributed by atoms with E-state index in [4.69, 9.17) is 27.9 Å². The number of amides is 1. The van der Waals surface area contributed by atoms with E-state index in [1.165, 1.54) is 10.8 Å². The van der Waals surface area contributed by atoms with Crippen LogP contribution in [0.3, 0.4) is 0 Å². The van der Waals surface area contributed by atoms with Crippen molar-refractivity contribution in [2.45, 2.75) is 13.1 Å². The molecule has 0 atom stereocenters. The summed E-state index contributed by atoms with van der Waals surface area (Å²) in [5.74, 6) is 0.655. The first-order valence-corrected chi connectivity index (χ1v) is 13.0. The highest BCUT2D eigenvalue weighted by molar-refractivity contribution is 6.42. The highest BCUT2D eigenvalue weighted by atomic mass is 35.5. The smallest absolute Gasteiger partial charge is 0.278 e. The summed E-state index contributed by atoms with van der Waals surface area (Å²) in [7, 11) is 1.57. The van der Waals surface area contributed by atoms with Gasteiger partial charge in [-0.1, -0.05) is 29.3 Å². The molecule has 0 bridgehead atoms. The molecule has 202 valence electrons. The number of benzene rings is 2. The van der Waals surface area contributed by atoms with Crippen molar-refractivity contribution in [3.05, 3.63) is 105 Å². The number of fused-ring (bicyclic) bond motifs is 1. The topological polar surface area (TPSA) is 124 Å². The minimum atomic E-state index is -0.359. The number of pyridine rings is 1. The molecule has 0 fully saturated rings. The van der Waals surface area contributed by atoms with Crippen LogP contribution < -0.4 is 20.9 Å². The molecule has 1 amide bonds. The third-order valence-electron chi connectivity index (χ3n) is 6.03. The second-order valence-corrected chi connectivity index (χ2v) is 9.46. The normalized spacial score (nSPS) is 10.9. The molecule has 2 N–H and O–H groups in total. The van der Waals surface area contributed by atoms with Crippen molar-refractivity contribution < 1.29 is 9.53 Å². The second-order valence-electron chi connectivity index (χ2n) is 8.65. The highest BCUT2D eigenvalue weighted by Crippen LogP contribution is 2.23. The fourth-order valence-electron chi connectivity index (χ4n) is 3.98. The molecule has 0 saturated heterocycles. The molecule has 0 aliphatic rings. The summed E-state index contributed by atoms with van der Waals surface area (Å²) < 4.78 is 6.72. The lowest BCUT2D eigenvalue weighted by Gasteiger charge is -2.14. The fraction of sp³-hybridized carbons (Fsp3) is 0.143. The number of ether oxygens (including phenoxy) is 1. The van der Waals surface area contributed by atoms with E-state index in [0.29, 0.717) is 50.6 Å². The Morgan fingerprint density at radius 1 is 1.02 bits per heavy atom. The summed E-state index contributed by atoms with van der Waals surface area (Å²) in [6, 6.07) is 15.7. The van der Waals surface area contributed by atoms with Gasteiger partial charge in [-0.3, -0.25) is 19.1 Å². The van der Waals surface area contributed by atoms with E-state index in [9.17, 15) is 9.59 Å². The van der Waals surface area contributed by atoms with Gasteiger partial charge in [-0.2, -0.15) is 4.98 Å². The number of aromatic nitrogens is 5. The minimum absolute atomic E-state index is 0.149. The Morgan fingerprint density at radius 3 is 2.58 bits per heavy atom. The largest absolute Gasteiger partial charge is 0.497 e. The Kier molecular flexibility index (Phi) is 8.18. The van der Waals surface area contributed by atoms with Crippen LogP contribution in [0.4, 0.5) is 5.95 Å². The Labute approximate surface area is 239 Å². The number of carbonyl (C=O) groups excluding carboxylic acids is 1. The van der Waals surface area contributed by atoms with Gasteiger partial charge in [0, 0.05) is 37.6 Å². The Balaban J connectivity index is 1.47. The maximum Gasteiger partial charge on any atom is 0.278 e. The molecule has 5 rings (SSSR count). The number of nitrogens with one attached hydrogen (secondary N) is 2. The zero-order valence-electron chi connectivity index (χ0n) is 21.3. The molecule has 40 heavy (non-hydrogen) atoms. The highest BCUT2D eigenvalue weighted by Gasteiger charge is 2.16. The number of carbonyl (C=O) groups is 1. The average Bonchev–Trinajstić information content (AvgIpc) is 2.99. The van der Waals surface area contributed by atoms with Gasteiger partial charge >= 0.3 is 0 Å². The van der Waals surface area contributed by atoms with Crippen LogP contribution in [0.15, 0.2) is 78.0 Å². The molecular weight excluding hydrogens is 553 g/mol. The van der Waals surface area contributed by atoms with E-state index in [0.717, 1.165) is 5.56 Å². The molecule has 2 aromatic carbocycles. The lowest BCUT2D eigenvalue weighted by molar-refractivity contribution is 0.0952. The molecular formula is C28H23Cl2N7O3. The molecule has 0 unspecified atom stereocenters. The van der Waals surface area contributed by atoms with Gasteiger partial charge in [0.2, 0.25) is 5.95 Å². The van der Waals surface area contributed by atoms with Gasteiger partial charge in [-0.15, -0.1) is 0 Å². The molecule has 0 saturated carbocycles. The van der Waals surface area contributed by atoms with E-state index in [1.54, 1.807) is 68.0 Å². The van der Waals surface area contributed by atoms with E-state index >= 15 is 0 Å². The molecule has 5 aromatic rings. The lowest BCUT2D eigenvalue weighted by Crippen LogP contribution is -2.32. The molecule has 12 heteroatoms. The summed E-state index contributed by atoms with van der Waals surface area (Å²) in [6.45, 7) is 0.701. The van der Waals surface area contributed by atoms with Crippen molar-refractivity contribution in [1.82, 2.24) is 29.8 Å². The number of methoxy groups -OCH3 is 1. The summed E-state index contributed by atoms with van der Waals surface area (Å²) in [5, 5.41) is 6.88. The van der Waals surface area contributed by atoms with Gasteiger partial charge in [0.25, 0.3) is 11.5 Å². The molecule has 0 aliphatic carbocycles.